The molecule has 3 aromatic carbocycles. The van der Waals surface area contributed by atoms with Crippen LogP contribution in [-0.2, 0) is 0 Å². The fourth-order valence-electron chi connectivity index (χ4n) is 3.18. The molecule has 31 heavy (non-hydrogen) atoms. The summed E-state index contributed by atoms with van der Waals surface area (Å²) in [7, 11) is 0. The van der Waals surface area contributed by atoms with Gasteiger partial charge in [-0.15, -0.1) is 13.2 Å². The van der Waals surface area contributed by atoms with Gasteiger partial charge >= 0.3 is 12.0 Å². The van der Waals surface area contributed by atoms with E-state index in [1.54, 1.807) is 48.5 Å². The molecule has 4 aromatic rings. The van der Waals surface area contributed by atoms with Crippen molar-refractivity contribution < 1.29 is 27.1 Å². The molecule has 1 heterocycles. The molecule has 0 bridgehead atoms. The predicted molar refractivity (Wildman–Crippen MR) is 109 cm³/mol. The molecule has 0 saturated heterocycles. The van der Waals surface area contributed by atoms with E-state index in [0.29, 0.717) is 21.9 Å². The van der Waals surface area contributed by atoms with Crippen molar-refractivity contribution in [2.24, 2.45) is 0 Å². The summed E-state index contributed by atoms with van der Waals surface area (Å²) in [6, 6.07) is 20.3. The summed E-state index contributed by atoms with van der Waals surface area (Å²) in [5, 5.41) is 3.41. The third-order valence-corrected chi connectivity index (χ3v) is 4.45. The van der Waals surface area contributed by atoms with Crippen molar-refractivity contribution in [3.05, 3.63) is 95.0 Å². The molecular formula is C23H14F3NO4. The molecular weight excluding hydrogens is 411 g/mol. The van der Waals surface area contributed by atoms with Crippen molar-refractivity contribution in [3.8, 4) is 16.9 Å². The van der Waals surface area contributed by atoms with Crippen molar-refractivity contribution in [2.75, 3.05) is 5.32 Å². The van der Waals surface area contributed by atoms with E-state index in [9.17, 15) is 22.8 Å². The Morgan fingerprint density at radius 1 is 0.839 bits per heavy atom. The van der Waals surface area contributed by atoms with Crippen molar-refractivity contribution >= 4 is 22.4 Å². The molecule has 0 aliphatic rings. The van der Waals surface area contributed by atoms with Crippen LogP contribution < -0.4 is 15.7 Å². The number of carbonyl (C=O) groups excluding carboxylic acids is 1. The molecule has 0 aliphatic heterocycles. The van der Waals surface area contributed by atoms with Gasteiger partial charge in [-0.1, -0.05) is 48.5 Å². The fraction of sp³-hybridized carbons (Fsp3) is 0.0435. The number of nitrogens with one attached hydrogen (secondary N) is 1. The summed E-state index contributed by atoms with van der Waals surface area (Å²) < 4.78 is 46.1. The van der Waals surface area contributed by atoms with Crippen molar-refractivity contribution in [1.82, 2.24) is 0 Å². The molecule has 0 unspecified atom stereocenters. The van der Waals surface area contributed by atoms with E-state index in [0.717, 1.165) is 12.1 Å². The van der Waals surface area contributed by atoms with Crippen LogP contribution in [0.4, 0.5) is 18.9 Å². The maximum atomic E-state index is 13.0. The first-order valence-electron chi connectivity index (χ1n) is 9.10. The minimum Gasteiger partial charge on any atom is -0.416 e. The number of benzene rings is 3. The van der Waals surface area contributed by atoms with E-state index in [1.165, 1.54) is 12.1 Å². The molecule has 1 aromatic heterocycles. The maximum Gasteiger partial charge on any atom is 0.573 e. The second-order valence-electron chi connectivity index (χ2n) is 6.53. The Morgan fingerprint density at radius 2 is 1.45 bits per heavy atom. The monoisotopic (exact) mass is 425 g/mol. The smallest absolute Gasteiger partial charge is 0.416 e. The highest BCUT2D eigenvalue weighted by Gasteiger charge is 2.31. The van der Waals surface area contributed by atoms with Crippen LogP contribution in [0.3, 0.4) is 0 Å². The summed E-state index contributed by atoms with van der Waals surface area (Å²) in [4.78, 5) is 25.4. The van der Waals surface area contributed by atoms with Gasteiger partial charge in [-0.2, -0.15) is 0 Å². The Balaban J connectivity index is 1.74. The van der Waals surface area contributed by atoms with Crippen LogP contribution in [0.1, 0.15) is 10.6 Å². The molecule has 1 amide bonds. The van der Waals surface area contributed by atoms with Gasteiger partial charge in [0.2, 0.25) is 5.76 Å². The van der Waals surface area contributed by atoms with Crippen LogP contribution in [0.25, 0.3) is 21.9 Å². The highest BCUT2D eigenvalue weighted by molar-refractivity contribution is 6.11. The van der Waals surface area contributed by atoms with Gasteiger partial charge in [0, 0.05) is 16.6 Å². The van der Waals surface area contributed by atoms with Gasteiger partial charge in [0.25, 0.3) is 5.91 Å². The van der Waals surface area contributed by atoms with Gasteiger partial charge in [-0.25, -0.2) is 4.79 Å². The number of carbonyl (C=O) groups is 1. The zero-order valence-corrected chi connectivity index (χ0v) is 15.8. The third-order valence-electron chi connectivity index (χ3n) is 4.45. The standard InChI is InChI=1S/C23H14F3NO4/c24-23(25,26)31-16-12-10-15(11-13-16)27-21(28)20-19(14-6-2-1-3-7-14)17-8-4-5-9-18(17)22(29)30-20/h1-13H,(H,27,28). The summed E-state index contributed by atoms with van der Waals surface area (Å²) in [6.07, 6.45) is -4.82. The molecule has 1 N–H and O–H groups in total. The summed E-state index contributed by atoms with van der Waals surface area (Å²) in [6.45, 7) is 0. The Hall–Kier alpha value is -4.07. The first-order chi connectivity index (χ1) is 14.8. The second kappa shape index (κ2) is 7.98. The average molecular weight is 425 g/mol. The number of fused-ring (bicyclic) bond motifs is 1. The number of ether oxygens (including phenoxy) is 1. The van der Waals surface area contributed by atoms with Crippen LogP contribution >= 0.6 is 0 Å². The maximum absolute atomic E-state index is 13.0. The van der Waals surface area contributed by atoms with Crippen molar-refractivity contribution in [1.29, 1.82) is 0 Å². The molecule has 0 atom stereocenters. The second-order valence-corrected chi connectivity index (χ2v) is 6.53. The van der Waals surface area contributed by atoms with Gasteiger partial charge < -0.3 is 14.5 Å². The Kier molecular flexibility index (Phi) is 5.21. The number of hydrogen-bond acceptors (Lipinski definition) is 4. The molecule has 0 saturated carbocycles. The number of hydrogen-bond donors (Lipinski definition) is 1. The quantitative estimate of drug-likeness (QED) is 0.461. The predicted octanol–water partition coefficient (Wildman–Crippen LogP) is 5.61. The van der Waals surface area contributed by atoms with Gasteiger partial charge in [-0.05, 0) is 35.9 Å². The number of halogens is 3. The van der Waals surface area contributed by atoms with Crippen LogP contribution in [-0.4, -0.2) is 12.3 Å². The Morgan fingerprint density at radius 3 is 2.10 bits per heavy atom. The number of anilines is 1. The van der Waals surface area contributed by atoms with E-state index in [-0.39, 0.29) is 11.4 Å². The van der Waals surface area contributed by atoms with Crippen molar-refractivity contribution in [3.63, 3.8) is 0 Å². The van der Waals surface area contributed by atoms with Crippen molar-refractivity contribution in [2.45, 2.75) is 6.36 Å². The van der Waals surface area contributed by atoms with Crippen LogP contribution in [0, 0.1) is 0 Å². The molecule has 8 heteroatoms. The summed E-state index contributed by atoms with van der Waals surface area (Å²) >= 11 is 0. The number of alkyl halides is 3. The summed E-state index contributed by atoms with van der Waals surface area (Å²) in [5.74, 6) is -1.34. The highest BCUT2D eigenvalue weighted by atomic mass is 19.4. The number of rotatable bonds is 4. The van der Waals surface area contributed by atoms with E-state index >= 15 is 0 Å². The molecule has 0 fully saturated rings. The lowest BCUT2D eigenvalue weighted by molar-refractivity contribution is -0.274. The minimum absolute atomic E-state index is 0.203. The van der Waals surface area contributed by atoms with Gasteiger partial charge in [-0.3, -0.25) is 4.79 Å². The van der Waals surface area contributed by atoms with E-state index in [4.69, 9.17) is 4.42 Å². The van der Waals surface area contributed by atoms with E-state index < -0.39 is 23.6 Å². The largest absolute Gasteiger partial charge is 0.573 e. The normalized spacial score (nSPS) is 11.3. The summed E-state index contributed by atoms with van der Waals surface area (Å²) in [5.41, 5.74) is 0.635. The lowest BCUT2D eigenvalue weighted by atomic mass is 9.98. The highest BCUT2D eigenvalue weighted by Crippen LogP contribution is 2.31. The lowest BCUT2D eigenvalue weighted by Crippen LogP contribution is -2.18. The first-order valence-corrected chi connectivity index (χ1v) is 9.10. The first kappa shape index (κ1) is 20.2. The van der Waals surface area contributed by atoms with Crippen LogP contribution in [0.15, 0.2) is 88.1 Å². The van der Waals surface area contributed by atoms with Gasteiger partial charge in [0.1, 0.15) is 5.75 Å². The van der Waals surface area contributed by atoms with Gasteiger partial charge in [0.05, 0.1) is 5.39 Å². The Labute approximate surface area is 173 Å². The zero-order valence-electron chi connectivity index (χ0n) is 15.8. The average Bonchev–Trinajstić information content (AvgIpc) is 2.74. The SMILES string of the molecule is O=C(Nc1ccc(OC(F)(F)F)cc1)c1oc(=O)c2ccccc2c1-c1ccccc1. The van der Waals surface area contributed by atoms with E-state index in [1.807, 2.05) is 6.07 Å². The molecule has 0 aliphatic carbocycles. The topological polar surface area (TPSA) is 68.5 Å². The Bertz CT molecular complexity index is 1300. The number of amides is 1. The lowest BCUT2D eigenvalue weighted by Gasteiger charge is -2.13. The fourth-order valence-corrected chi connectivity index (χ4v) is 3.18. The molecule has 5 nitrogen and oxygen atoms in total. The van der Waals surface area contributed by atoms with Crippen LogP contribution in [0.5, 0.6) is 5.75 Å². The minimum atomic E-state index is -4.82. The molecule has 0 spiro atoms. The van der Waals surface area contributed by atoms with E-state index in [2.05, 4.69) is 10.1 Å². The van der Waals surface area contributed by atoms with Gasteiger partial charge in [0.15, 0.2) is 0 Å². The molecule has 156 valence electrons. The van der Waals surface area contributed by atoms with Crippen LogP contribution in [0.2, 0.25) is 0 Å². The molecule has 4 rings (SSSR count). The molecule has 0 radical (unpaired) electrons. The third kappa shape index (κ3) is 4.42. The zero-order chi connectivity index (χ0) is 22.0.